The Labute approximate surface area is 328 Å². The van der Waals surface area contributed by atoms with Gasteiger partial charge in [-0.1, -0.05) is 60.3 Å². The Kier molecular flexibility index (Phi) is 11.0. The summed E-state index contributed by atoms with van der Waals surface area (Å²) in [5, 5.41) is 0. The van der Waals surface area contributed by atoms with Crippen molar-refractivity contribution in [2.24, 2.45) is 23.7 Å². The lowest BCUT2D eigenvalue weighted by atomic mass is 9.78. The van der Waals surface area contributed by atoms with Gasteiger partial charge in [-0.2, -0.15) is 0 Å². The zero-order chi connectivity index (χ0) is 38.2. The van der Waals surface area contributed by atoms with Crippen molar-refractivity contribution in [1.29, 1.82) is 0 Å². The van der Waals surface area contributed by atoms with Crippen molar-refractivity contribution in [3.05, 3.63) is 36.5 Å². The fourth-order valence-corrected chi connectivity index (χ4v) is 11.9. The van der Waals surface area contributed by atoms with Crippen LogP contribution in [0, 0.1) is 23.7 Å². The number of carbonyl (C=O) groups is 1. The average Bonchev–Trinajstić information content (AvgIpc) is 3.73. The monoisotopic (exact) mass is 766 g/mol. The minimum absolute atomic E-state index is 0.00787. The third kappa shape index (κ3) is 7.36. The zero-order valence-electron chi connectivity index (χ0n) is 33.8. The number of esters is 1. The van der Waals surface area contributed by atoms with Crippen LogP contribution in [-0.4, -0.2) is 103 Å². The van der Waals surface area contributed by atoms with Gasteiger partial charge in [0.2, 0.25) is 0 Å². The van der Waals surface area contributed by atoms with Gasteiger partial charge < -0.3 is 42.6 Å². The minimum Gasteiger partial charge on any atom is -0.456 e. The average molecular weight is 767 g/mol. The lowest BCUT2D eigenvalue weighted by molar-refractivity contribution is -0.263. The second-order valence-corrected chi connectivity index (χ2v) is 18.9. The van der Waals surface area contributed by atoms with E-state index < -0.39 is 11.9 Å². The second kappa shape index (κ2) is 15.5. The van der Waals surface area contributed by atoms with Crippen molar-refractivity contribution in [3.63, 3.8) is 0 Å². The third-order valence-electron chi connectivity index (χ3n) is 15.1. The summed E-state index contributed by atoms with van der Waals surface area (Å²) in [6, 6.07) is 0. The van der Waals surface area contributed by atoms with Crippen LogP contribution in [0.1, 0.15) is 118 Å². The molecule has 0 amide bonds. The maximum atomic E-state index is 13.7. The Bertz CT molecular complexity index is 1480. The van der Waals surface area contributed by atoms with E-state index in [-0.39, 0.29) is 103 Å². The summed E-state index contributed by atoms with van der Waals surface area (Å²) in [7, 11) is 0. The molecule has 10 nitrogen and oxygen atoms in total. The smallest absolute Gasteiger partial charge is 0.330 e. The summed E-state index contributed by atoms with van der Waals surface area (Å²) < 4.78 is 60.8. The van der Waals surface area contributed by atoms with E-state index >= 15 is 0 Å². The van der Waals surface area contributed by atoms with E-state index in [1.54, 1.807) is 6.08 Å². The largest absolute Gasteiger partial charge is 0.456 e. The minimum atomic E-state index is -0.685. The van der Waals surface area contributed by atoms with E-state index in [4.69, 9.17) is 42.6 Å². The molecule has 0 aromatic rings. The van der Waals surface area contributed by atoms with Gasteiger partial charge in [-0.15, -0.1) is 0 Å². The van der Waals surface area contributed by atoms with E-state index in [0.29, 0.717) is 24.7 Å². The second-order valence-electron chi connectivity index (χ2n) is 18.9. The van der Waals surface area contributed by atoms with Gasteiger partial charge in [0.25, 0.3) is 0 Å². The molecular weight excluding hydrogens is 700 g/mol. The topological polar surface area (TPSA) is 100 Å². The van der Waals surface area contributed by atoms with Crippen molar-refractivity contribution < 1.29 is 47.4 Å². The van der Waals surface area contributed by atoms with Crippen LogP contribution >= 0.6 is 0 Å². The number of allylic oxidation sites excluding steroid dienone is 1. The Morgan fingerprint density at radius 1 is 0.709 bits per heavy atom. The lowest BCUT2D eigenvalue weighted by Crippen LogP contribution is -2.60. The summed E-state index contributed by atoms with van der Waals surface area (Å²) in [5.41, 5.74) is 2.26. The first-order chi connectivity index (χ1) is 26.5. The molecule has 0 aromatic carbocycles. The fraction of sp³-hybridized carbons (Fsp3) is 0.844. The lowest BCUT2D eigenvalue weighted by Gasteiger charge is -2.51. The summed E-state index contributed by atoms with van der Waals surface area (Å²) in [6.07, 6.45) is 13.0. The molecule has 9 saturated heterocycles. The predicted octanol–water partition coefficient (Wildman–Crippen LogP) is 7.31. The molecule has 1 spiro atoms. The molecule has 306 valence electrons. The van der Waals surface area contributed by atoms with E-state index in [2.05, 4.69) is 47.8 Å². The Morgan fingerprint density at radius 2 is 1.47 bits per heavy atom. The number of fused-ring (bicyclic) bond motifs is 7. The van der Waals surface area contributed by atoms with E-state index in [0.717, 1.165) is 76.2 Å². The van der Waals surface area contributed by atoms with Gasteiger partial charge in [-0.05, 0) is 80.8 Å². The Hall–Kier alpha value is -1.63. The van der Waals surface area contributed by atoms with Gasteiger partial charge in [-0.25, -0.2) is 4.79 Å². The van der Waals surface area contributed by atoms with Crippen LogP contribution in [0.5, 0.6) is 0 Å². The molecule has 10 heteroatoms. The molecule has 10 rings (SSSR count). The highest BCUT2D eigenvalue weighted by Gasteiger charge is 2.67. The molecule has 0 aliphatic carbocycles. The molecule has 20 atom stereocenters. The molecule has 10 aliphatic heterocycles. The van der Waals surface area contributed by atoms with Crippen molar-refractivity contribution in [2.75, 3.05) is 0 Å². The van der Waals surface area contributed by atoms with Gasteiger partial charge in [0, 0.05) is 37.2 Å². The molecule has 6 unspecified atom stereocenters. The number of hydrogen-bond acceptors (Lipinski definition) is 10. The molecular formula is C45H66O10. The van der Waals surface area contributed by atoms with Crippen LogP contribution in [0.2, 0.25) is 0 Å². The number of ether oxygens (including phenoxy) is 9. The van der Waals surface area contributed by atoms with E-state index in [1.807, 2.05) is 6.08 Å². The molecule has 10 aliphatic rings. The van der Waals surface area contributed by atoms with Crippen molar-refractivity contribution in [2.45, 2.75) is 215 Å². The molecule has 10 heterocycles. The third-order valence-corrected chi connectivity index (χ3v) is 15.1. The molecule has 0 radical (unpaired) electrons. The van der Waals surface area contributed by atoms with E-state index in [1.165, 1.54) is 5.57 Å². The summed E-state index contributed by atoms with van der Waals surface area (Å²) in [6.45, 7) is 20.1. The SMILES string of the molecule is C=C1C[C@@H]2CC[C@@]34C[C@H]5O[C@H]6C(O3)[C@@H](C)[C@H](CC/C=C/C(=O)OC3[C@H](CC7O[C@@H](CCC1O2)C[C@@H](C)C7=C)OC1C[C@@H](C)[C@@H](CCC)O[C@H]1[C@@H]3C)O[C@H]6C5O4. The quantitative estimate of drug-likeness (QED) is 0.210. The van der Waals surface area contributed by atoms with Crippen molar-refractivity contribution in [1.82, 2.24) is 0 Å². The van der Waals surface area contributed by atoms with Crippen LogP contribution in [0.4, 0.5) is 0 Å². The highest BCUT2D eigenvalue weighted by atomic mass is 16.8. The van der Waals surface area contributed by atoms with Crippen molar-refractivity contribution in [3.8, 4) is 0 Å². The first-order valence-corrected chi connectivity index (χ1v) is 22.0. The number of carbonyl (C=O) groups excluding carboxylic acids is 1. The summed E-state index contributed by atoms with van der Waals surface area (Å²) in [5.74, 6) is -0.261. The maximum Gasteiger partial charge on any atom is 0.330 e. The fourth-order valence-electron chi connectivity index (χ4n) is 11.9. The number of hydrogen-bond donors (Lipinski definition) is 0. The van der Waals surface area contributed by atoms with Gasteiger partial charge in [0.15, 0.2) is 5.79 Å². The van der Waals surface area contributed by atoms with Crippen LogP contribution in [0.25, 0.3) is 0 Å². The van der Waals surface area contributed by atoms with Crippen molar-refractivity contribution >= 4 is 5.97 Å². The Balaban J connectivity index is 0.966. The van der Waals surface area contributed by atoms with Crippen LogP contribution in [0.3, 0.4) is 0 Å². The van der Waals surface area contributed by atoms with Gasteiger partial charge in [-0.3, -0.25) is 0 Å². The summed E-state index contributed by atoms with van der Waals surface area (Å²) >= 11 is 0. The molecule has 0 aromatic heterocycles. The van der Waals surface area contributed by atoms with Gasteiger partial charge >= 0.3 is 5.97 Å². The zero-order valence-corrected chi connectivity index (χ0v) is 33.8. The first kappa shape index (κ1) is 38.9. The summed E-state index contributed by atoms with van der Waals surface area (Å²) in [4.78, 5) is 13.7. The van der Waals surface area contributed by atoms with E-state index in [9.17, 15) is 4.79 Å². The normalized spacial score (nSPS) is 53.3. The molecule has 55 heavy (non-hydrogen) atoms. The standard InChI is InChI=1S/C45H66O10/c1-8-11-31-25(4)20-35-39(50-31)28(7)40-36(49-35)21-34-26(5)23(2)18-29(48-34)14-15-32-24(3)19-30(47-32)16-17-45-22-37-42(55-45)44-43(52-37)41(54-45)27(6)33(51-44)12-9-10-13-38(46)53-40/h10,13,23,25,27-37,39-44H,3,5,8-9,11-12,14-22H2,1-2,4,6-7H3/b13-10+/t23-,25-,27+,28+,29+,30+,31-,32?,33+,34?,35?,36+,37-,39+,40?,41?,42?,43+,44+,45-/m1/s1. The molecule has 9 fully saturated rings. The molecule has 0 N–H and O–H groups in total. The van der Waals surface area contributed by atoms with Crippen LogP contribution in [0.15, 0.2) is 36.5 Å². The predicted molar refractivity (Wildman–Crippen MR) is 204 cm³/mol. The Morgan fingerprint density at radius 3 is 2.31 bits per heavy atom. The van der Waals surface area contributed by atoms with Gasteiger partial charge in [0.1, 0.15) is 24.4 Å². The van der Waals surface area contributed by atoms with Crippen LogP contribution in [-0.2, 0) is 47.4 Å². The van der Waals surface area contributed by atoms with Crippen LogP contribution < -0.4 is 0 Å². The highest BCUT2D eigenvalue weighted by molar-refractivity contribution is 5.82. The van der Waals surface area contributed by atoms with Gasteiger partial charge in [0.05, 0.1) is 67.1 Å². The number of rotatable bonds is 2. The highest BCUT2D eigenvalue weighted by Crippen LogP contribution is 2.54. The maximum absolute atomic E-state index is 13.7. The molecule has 0 saturated carbocycles. The first-order valence-electron chi connectivity index (χ1n) is 22.0. The molecule has 11 bridgehead atoms.